The Hall–Kier alpha value is -2.20. The van der Waals surface area contributed by atoms with Crippen LogP contribution >= 0.6 is 0 Å². The van der Waals surface area contributed by atoms with Gasteiger partial charge in [0.15, 0.2) is 11.6 Å². The zero-order valence-electron chi connectivity index (χ0n) is 18.5. The Labute approximate surface area is 187 Å². The molecule has 1 aromatic carbocycles. The van der Waals surface area contributed by atoms with Crippen LogP contribution in [0.15, 0.2) is 23.1 Å². The second-order valence-corrected chi connectivity index (χ2v) is 11.8. The predicted octanol–water partition coefficient (Wildman–Crippen LogP) is 1.69. The zero-order valence-corrected chi connectivity index (χ0v) is 19.3. The van der Waals surface area contributed by atoms with Crippen LogP contribution in [0.1, 0.15) is 46.0 Å². The highest BCUT2D eigenvalue weighted by Gasteiger charge is 2.58. The van der Waals surface area contributed by atoms with Crippen LogP contribution in [0.2, 0.25) is 0 Å². The lowest BCUT2D eigenvalue weighted by Gasteiger charge is -2.59. The van der Waals surface area contributed by atoms with Gasteiger partial charge in [-0.1, -0.05) is 0 Å². The fourth-order valence-electron chi connectivity index (χ4n) is 6.15. The van der Waals surface area contributed by atoms with E-state index in [1.54, 1.807) is 0 Å². The number of methoxy groups -OCH3 is 1. The van der Waals surface area contributed by atoms with Gasteiger partial charge >= 0.3 is 0 Å². The maximum Gasteiger partial charge on any atom is 0.241 e. The first kappa shape index (κ1) is 23.0. The average Bonchev–Trinajstić information content (AvgIpc) is 2.69. The molecule has 0 radical (unpaired) electrons. The van der Waals surface area contributed by atoms with E-state index in [0.717, 1.165) is 25.3 Å². The van der Waals surface area contributed by atoms with Crippen LogP contribution in [0.25, 0.3) is 0 Å². The first-order chi connectivity index (χ1) is 14.9. The smallest absolute Gasteiger partial charge is 0.241 e. The monoisotopic (exact) mass is 467 g/mol. The molecule has 0 aromatic heterocycles. The van der Waals surface area contributed by atoms with Crippen LogP contribution in [0, 0.1) is 29.0 Å². The largest absolute Gasteiger partial charge is 0.494 e. The summed E-state index contributed by atoms with van der Waals surface area (Å²) in [6, 6.07) is 3.18. The number of carbonyl (C=O) groups is 2. The molecule has 176 valence electrons. The zero-order chi connectivity index (χ0) is 23.5. The summed E-state index contributed by atoms with van der Waals surface area (Å²) in [5, 5.41) is 3.05. The van der Waals surface area contributed by atoms with Crippen molar-refractivity contribution in [3.05, 3.63) is 24.0 Å². The molecule has 32 heavy (non-hydrogen) atoms. The standard InChI is InChI=1S/C22H30FN3O5S/c1-21(2,26-32(29,30)15-4-5-17(31-3)16(23)8-15)20(28)25-18-13-6-12-7-14(18)11-22(9-12,10-13)19(24)27/h4-5,8,12-14,18,26H,6-7,9-11H2,1-3H3,(H2,24,27)(H,25,28). The summed E-state index contributed by atoms with van der Waals surface area (Å²) in [6.45, 7) is 2.95. The molecular formula is C22H30FN3O5S. The van der Waals surface area contributed by atoms with Crippen molar-refractivity contribution in [3.8, 4) is 5.75 Å². The number of nitrogens with two attached hydrogens (primary N) is 1. The van der Waals surface area contributed by atoms with Crippen molar-refractivity contribution in [2.75, 3.05) is 7.11 Å². The van der Waals surface area contributed by atoms with Crippen molar-refractivity contribution in [3.63, 3.8) is 0 Å². The number of benzene rings is 1. The minimum atomic E-state index is -4.16. The average molecular weight is 468 g/mol. The third kappa shape index (κ3) is 3.87. The molecule has 4 fully saturated rings. The molecule has 1 aromatic rings. The minimum absolute atomic E-state index is 0.0726. The molecule has 4 saturated carbocycles. The third-order valence-corrected chi connectivity index (χ3v) is 9.14. The van der Waals surface area contributed by atoms with Crippen LogP contribution in [-0.2, 0) is 19.6 Å². The second-order valence-electron chi connectivity index (χ2n) is 10.1. The van der Waals surface area contributed by atoms with Crippen LogP contribution in [-0.4, -0.2) is 38.9 Å². The number of halogens is 1. The molecule has 0 spiro atoms. The molecule has 5 rings (SSSR count). The predicted molar refractivity (Wildman–Crippen MR) is 114 cm³/mol. The highest BCUT2D eigenvalue weighted by molar-refractivity contribution is 7.89. The van der Waals surface area contributed by atoms with E-state index in [-0.39, 0.29) is 34.4 Å². The molecule has 0 saturated heterocycles. The Balaban J connectivity index is 1.48. The number of nitrogens with one attached hydrogen (secondary N) is 2. The maximum atomic E-state index is 14.0. The summed E-state index contributed by atoms with van der Waals surface area (Å²) in [5.41, 5.74) is 3.79. The summed E-state index contributed by atoms with van der Waals surface area (Å²) in [5.74, 6) is -0.834. The Bertz CT molecular complexity index is 1040. The van der Waals surface area contributed by atoms with Gasteiger partial charge in [-0.05, 0) is 81.9 Å². The molecular weight excluding hydrogens is 437 g/mol. The number of primary amides is 1. The lowest BCUT2D eigenvalue weighted by Crippen LogP contribution is -2.65. The fraction of sp³-hybridized carbons (Fsp3) is 0.636. The van der Waals surface area contributed by atoms with Gasteiger partial charge in [0.25, 0.3) is 0 Å². The van der Waals surface area contributed by atoms with Crippen molar-refractivity contribution < 1.29 is 27.1 Å². The van der Waals surface area contributed by atoms with Gasteiger partial charge in [-0.2, -0.15) is 4.72 Å². The molecule has 10 heteroatoms. The Morgan fingerprint density at radius 1 is 1.19 bits per heavy atom. The second kappa shape index (κ2) is 7.69. The van der Waals surface area contributed by atoms with Crippen molar-refractivity contribution in [1.29, 1.82) is 0 Å². The highest BCUT2D eigenvalue weighted by atomic mass is 32.2. The van der Waals surface area contributed by atoms with Crippen LogP contribution in [0.5, 0.6) is 5.75 Å². The van der Waals surface area contributed by atoms with Gasteiger partial charge in [-0.25, -0.2) is 12.8 Å². The van der Waals surface area contributed by atoms with Gasteiger partial charge in [-0.15, -0.1) is 0 Å². The summed E-state index contributed by atoms with van der Waals surface area (Å²) in [7, 11) is -2.87. The summed E-state index contributed by atoms with van der Waals surface area (Å²) in [6.07, 6.45) is 4.04. The van der Waals surface area contributed by atoms with Crippen molar-refractivity contribution >= 4 is 21.8 Å². The molecule has 2 amide bonds. The van der Waals surface area contributed by atoms with Gasteiger partial charge < -0.3 is 15.8 Å². The number of hydrogen-bond acceptors (Lipinski definition) is 5. The lowest BCUT2D eigenvalue weighted by atomic mass is 9.47. The van der Waals surface area contributed by atoms with Crippen LogP contribution < -0.4 is 20.5 Å². The van der Waals surface area contributed by atoms with E-state index in [1.165, 1.54) is 33.1 Å². The summed E-state index contributed by atoms with van der Waals surface area (Å²) < 4.78 is 46.8. The van der Waals surface area contributed by atoms with Gasteiger partial charge in [0.2, 0.25) is 21.8 Å². The molecule has 4 aliphatic carbocycles. The molecule has 8 nitrogen and oxygen atoms in total. The number of carbonyl (C=O) groups excluding carboxylic acids is 2. The van der Waals surface area contributed by atoms with E-state index in [2.05, 4.69) is 10.0 Å². The number of hydrogen-bond donors (Lipinski definition) is 3. The van der Waals surface area contributed by atoms with Gasteiger partial charge in [0.05, 0.1) is 12.0 Å². The topological polar surface area (TPSA) is 128 Å². The van der Waals surface area contributed by atoms with E-state index in [0.29, 0.717) is 18.8 Å². The van der Waals surface area contributed by atoms with Crippen LogP contribution in [0.4, 0.5) is 4.39 Å². The molecule has 2 unspecified atom stereocenters. The lowest BCUT2D eigenvalue weighted by molar-refractivity contribution is -0.148. The molecule has 0 aliphatic heterocycles. The minimum Gasteiger partial charge on any atom is -0.494 e. The Morgan fingerprint density at radius 2 is 1.81 bits per heavy atom. The highest BCUT2D eigenvalue weighted by Crippen LogP contribution is 2.59. The first-order valence-electron chi connectivity index (χ1n) is 10.9. The van der Waals surface area contributed by atoms with E-state index < -0.39 is 32.7 Å². The van der Waals surface area contributed by atoms with E-state index in [1.807, 2.05) is 0 Å². The molecule has 0 heterocycles. The van der Waals surface area contributed by atoms with Gasteiger partial charge in [0.1, 0.15) is 5.54 Å². The normalized spacial score (nSPS) is 31.4. The quantitative estimate of drug-likeness (QED) is 0.562. The number of sulfonamides is 1. The Morgan fingerprint density at radius 3 is 2.34 bits per heavy atom. The summed E-state index contributed by atoms with van der Waals surface area (Å²) in [4.78, 5) is 24.9. The molecule has 2 atom stereocenters. The van der Waals surface area contributed by atoms with E-state index in [4.69, 9.17) is 10.5 Å². The van der Waals surface area contributed by atoms with E-state index >= 15 is 0 Å². The third-order valence-electron chi connectivity index (χ3n) is 7.48. The maximum absolute atomic E-state index is 14.0. The van der Waals surface area contributed by atoms with Crippen molar-refractivity contribution in [1.82, 2.24) is 10.0 Å². The van der Waals surface area contributed by atoms with Gasteiger partial charge in [-0.3, -0.25) is 9.59 Å². The van der Waals surface area contributed by atoms with Crippen molar-refractivity contribution in [2.45, 2.75) is 62.4 Å². The Kier molecular flexibility index (Phi) is 5.52. The van der Waals surface area contributed by atoms with E-state index in [9.17, 15) is 22.4 Å². The first-order valence-corrected chi connectivity index (χ1v) is 12.3. The van der Waals surface area contributed by atoms with Gasteiger partial charge in [0, 0.05) is 11.5 Å². The van der Waals surface area contributed by atoms with Crippen molar-refractivity contribution in [2.24, 2.45) is 28.9 Å². The van der Waals surface area contributed by atoms with Crippen LogP contribution in [0.3, 0.4) is 0 Å². The fourth-order valence-corrected chi connectivity index (χ4v) is 7.54. The SMILES string of the molecule is COc1ccc(S(=O)(=O)NC(C)(C)C(=O)NC2C3CC4CC2CC(C(N)=O)(C4)C3)cc1F. The number of rotatable bonds is 7. The number of amides is 2. The molecule has 4 N–H and O–H groups in total. The molecule has 4 aliphatic rings. The molecule has 4 bridgehead atoms. The summed E-state index contributed by atoms with van der Waals surface area (Å²) >= 11 is 0. The number of ether oxygens (including phenoxy) is 1.